The van der Waals surface area contributed by atoms with Crippen molar-refractivity contribution in [1.29, 1.82) is 5.26 Å². The molecule has 0 aliphatic rings. The number of carbonyl (C=O) groups excluding carboxylic acids is 1. The Labute approximate surface area is 299 Å². The number of rotatable bonds is 15. The zero-order chi connectivity index (χ0) is 34.8. The van der Waals surface area contributed by atoms with Crippen molar-refractivity contribution in [2.24, 2.45) is 0 Å². The fraction of sp³-hybridized carbons (Fsp3) is 0.189. The second-order valence-corrected chi connectivity index (χ2v) is 12.1. The molecule has 3 aromatic carbocycles. The molecule has 5 aromatic rings. The zero-order valence-corrected chi connectivity index (χ0v) is 28.7. The number of benzene rings is 3. The molecule has 0 saturated heterocycles. The number of halogens is 3. The SMILES string of the molecule is CN(CCO)CCOc1ccc(-c2cccc(-c3cccc(COc4nc(OCc5cncc(C#N)c5)c(C=O)cc4Cl)c3Cl)c2Cl)cc1. The van der Waals surface area contributed by atoms with Crippen LogP contribution in [0.25, 0.3) is 22.3 Å². The van der Waals surface area contributed by atoms with Crippen LogP contribution in [0.5, 0.6) is 17.5 Å². The highest BCUT2D eigenvalue weighted by Crippen LogP contribution is 2.41. The van der Waals surface area contributed by atoms with Crippen LogP contribution in [0.1, 0.15) is 27.0 Å². The molecule has 0 saturated carbocycles. The van der Waals surface area contributed by atoms with Gasteiger partial charge in [0.2, 0.25) is 11.8 Å². The number of ether oxygens (including phenoxy) is 3. The fourth-order valence-electron chi connectivity index (χ4n) is 4.89. The minimum Gasteiger partial charge on any atom is -0.492 e. The largest absolute Gasteiger partial charge is 0.492 e. The van der Waals surface area contributed by atoms with Crippen molar-refractivity contribution >= 4 is 41.1 Å². The molecule has 250 valence electrons. The van der Waals surface area contributed by atoms with E-state index in [2.05, 4.69) is 9.97 Å². The lowest BCUT2D eigenvalue weighted by Gasteiger charge is -2.16. The topological polar surface area (TPSA) is 118 Å². The Morgan fingerprint density at radius 2 is 1.57 bits per heavy atom. The number of nitriles is 1. The Morgan fingerprint density at radius 1 is 0.857 bits per heavy atom. The molecule has 0 aliphatic heterocycles. The summed E-state index contributed by atoms with van der Waals surface area (Å²) in [7, 11) is 1.93. The van der Waals surface area contributed by atoms with Crippen LogP contribution in [0.2, 0.25) is 15.1 Å². The fourth-order valence-corrected chi connectivity index (χ4v) is 5.73. The third-order valence-corrected chi connectivity index (χ3v) is 8.61. The number of hydrogen-bond acceptors (Lipinski definition) is 9. The highest BCUT2D eigenvalue weighted by atomic mass is 35.5. The first kappa shape index (κ1) is 35.6. The van der Waals surface area contributed by atoms with E-state index >= 15 is 0 Å². The Balaban J connectivity index is 1.31. The van der Waals surface area contributed by atoms with E-state index in [1.165, 1.54) is 12.3 Å². The van der Waals surface area contributed by atoms with Gasteiger partial charge in [0.25, 0.3) is 0 Å². The zero-order valence-electron chi connectivity index (χ0n) is 26.4. The highest BCUT2D eigenvalue weighted by molar-refractivity contribution is 6.38. The van der Waals surface area contributed by atoms with Crippen molar-refractivity contribution in [1.82, 2.24) is 14.9 Å². The molecule has 0 radical (unpaired) electrons. The number of likely N-dealkylation sites (N-methyl/N-ethyl adjacent to an activating group) is 1. The normalized spacial score (nSPS) is 10.9. The predicted octanol–water partition coefficient (Wildman–Crippen LogP) is 7.92. The van der Waals surface area contributed by atoms with E-state index in [0.29, 0.717) is 58.3 Å². The van der Waals surface area contributed by atoms with Crippen molar-refractivity contribution in [3.63, 3.8) is 0 Å². The Bertz CT molecular complexity index is 1970. The smallest absolute Gasteiger partial charge is 0.236 e. The monoisotopic (exact) mass is 716 g/mol. The summed E-state index contributed by atoms with van der Waals surface area (Å²) >= 11 is 20.3. The number of aldehydes is 1. The summed E-state index contributed by atoms with van der Waals surface area (Å²) in [5, 5.41) is 19.3. The van der Waals surface area contributed by atoms with E-state index in [4.69, 9.17) is 59.4 Å². The Hall–Kier alpha value is -4.69. The molecule has 0 bridgehead atoms. The second kappa shape index (κ2) is 17.1. The van der Waals surface area contributed by atoms with E-state index < -0.39 is 0 Å². The molecule has 0 fully saturated rings. The van der Waals surface area contributed by atoms with Gasteiger partial charge in [0, 0.05) is 53.3 Å². The van der Waals surface area contributed by atoms with Gasteiger partial charge in [-0.25, -0.2) is 0 Å². The van der Waals surface area contributed by atoms with Gasteiger partial charge in [0.05, 0.1) is 27.8 Å². The summed E-state index contributed by atoms with van der Waals surface area (Å²) in [5.41, 5.74) is 5.02. The van der Waals surface area contributed by atoms with E-state index in [-0.39, 0.29) is 42.2 Å². The Morgan fingerprint density at radius 3 is 2.31 bits per heavy atom. The molecule has 0 unspecified atom stereocenters. The van der Waals surface area contributed by atoms with Crippen LogP contribution in [-0.2, 0) is 13.2 Å². The van der Waals surface area contributed by atoms with Crippen LogP contribution in [0, 0.1) is 11.3 Å². The summed E-state index contributed by atoms with van der Waals surface area (Å²) in [6.45, 7) is 1.94. The third-order valence-electron chi connectivity index (χ3n) is 7.48. The van der Waals surface area contributed by atoms with Gasteiger partial charge < -0.3 is 24.2 Å². The summed E-state index contributed by atoms with van der Waals surface area (Å²) < 4.78 is 17.6. The van der Waals surface area contributed by atoms with Crippen LogP contribution in [-0.4, -0.2) is 59.6 Å². The van der Waals surface area contributed by atoms with E-state index in [1.807, 2.05) is 78.7 Å². The molecule has 0 spiro atoms. The van der Waals surface area contributed by atoms with Crippen molar-refractivity contribution in [3.8, 4) is 45.8 Å². The number of hydrogen-bond donors (Lipinski definition) is 1. The third kappa shape index (κ3) is 9.06. The Kier molecular flexibility index (Phi) is 12.4. The quantitative estimate of drug-likeness (QED) is 0.108. The van der Waals surface area contributed by atoms with Gasteiger partial charge in [-0.1, -0.05) is 83.3 Å². The average molecular weight is 718 g/mol. The minimum atomic E-state index is 0.0158. The average Bonchev–Trinajstić information content (AvgIpc) is 3.11. The van der Waals surface area contributed by atoms with E-state index in [9.17, 15) is 4.79 Å². The maximum atomic E-state index is 11.7. The molecule has 0 amide bonds. The van der Waals surface area contributed by atoms with E-state index in [0.717, 1.165) is 22.4 Å². The summed E-state index contributed by atoms with van der Waals surface area (Å²) in [4.78, 5) is 22.1. The molecule has 0 atom stereocenters. The first-order valence-corrected chi connectivity index (χ1v) is 16.3. The van der Waals surface area contributed by atoms with Gasteiger partial charge in [0.15, 0.2) is 6.29 Å². The number of aromatic nitrogens is 2. The van der Waals surface area contributed by atoms with Crippen molar-refractivity contribution < 1.29 is 24.1 Å². The molecular weight excluding hydrogens is 687 g/mol. The lowest BCUT2D eigenvalue weighted by Crippen LogP contribution is -2.27. The molecule has 0 aliphatic carbocycles. The molecule has 5 rings (SSSR count). The minimum absolute atomic E-state index is 0.0158. The first-order valence-electron chi connectivity index (χ1n) is 15.2. The number of aliphatic hydroxyl groups excluding tert-OH is 1. The highest BCUT2D eigenvalue weighted by Gasteiger charge is 2.17. The molecular formula is C37H31Cl3N4O5. The lowest BCUT2D eigenvalue weighted by molar-refractivity contribution is 0.111. The van der Waals surface area contributed by atoms with Gasteiger partial charge in [0.1, 0.15) is 36.7 Å². The van der Waals surface area contributed by atoms with E-state index in [1.54, 1.807) is 12.3 Å². The molecule has 49 heavy (non-hydrogen) atoms. The van der Waals surface area contributed by atoms with Crippen molar-refractivity contribution in [3.05, 3.63) is 123 Å². The van der Waals surface area contributed by atoms with Gasteiger partial charge in [-0.2, -0.15) is 10.2 Å². The van der Waals surface area contributed by atoms with Crippen molar-refractivity contribution in [2.75, 3.05) is 33.4 Å². The number of aliphatic hydroxyl groups is 1. The van der Waals surface area contributed by atoms with Crippen LogP contribution in [0.4, 0.5) is 0 Å². The van der Waals surface area contributed by atoms with Crippen LogP contribution < -0.4 is 14.2 Å². The van der Waals surface area contributed by atoms with Crippen molar-refractivity contribution in [2.45, 2.75) is 13.2 Å². The maximum absolute atomic E-state index is 11.7. The standard InChI is InChI=1S/C37H31Cl3N4O5/c1-44(12-14-45)13-15-47-29-10-8-26(9-11-29)30-5-3-7-32(35(30)40)31-6-2-4-27(34(31)39)23-49-37-33(38)17-28(21-46)36(43-37)48-22-25-16-24(18-41)19-42-20-25/h2-11,16-17,19-21,45H,12-15,22-23H2,1H3. The molecule has 2 heterocycles. The maximum Gasteiger partial charge on any atom is 0.236 e. The van der Waals surface area contributed by atoms with Crippen LogP contribution in [0.15, 0.2) is 85.2 Å². The van der Waals surface area contributed by atoms with Gasteiger partial charge in [-0.3, -0.25) is 9.78 Å². The summed E-state index contributed by atoms with van der Waals surface area (Å²) in [5.74, 6) is 0.809. The van der Waals surface area contributed by atoms with Crippen LogP contribution >= 0.6 is 34.8 Å². The predicted molar refractivity (Wildman–Crippen MR) is 190 cm³/mol. The summed E-state index contributed by atoms with van der Waals surface area (Å²) in [6, 6.07) is 24.1. The molecule has 9 nitrogen and oxygen atoms in total. The molecule has 2 aromatic heterocycles. The van der Waals surface area contributed by atoms with Gasteiger partial charge in [-0.05, 0) is 36.9 Å². The number of nitrogens with zero attached hydrogens (tertiary/aromatic N) is 4. The number of pyridine rings is 2. The number of carbonyl (C=O) groups is 1. The molecule has 1 N–H and O–H groups in total. The molecule has 12 heteroatoms. The van der Waals surface area contributed by atoms with Gasteiger partial charge >= 0.3 is 0 Å². The lowest BCUT2D eigenvalue weighted by atomic mass is 9.97. The van der Waals surface area contributed by atoms with Crippen LogP contribution in [0.3, 0.4) is 0 Å². The van der Waals surface area contributed by atoms with Gasteiger partial charge in [-0.15, -0.1) is 0 Å². The summed E-state index contributed by atoms with van der Waals surface area (Å²) in [6.07, 6.45) is 3.58. The first-order chi connectivity index (χ1) is 23.8. The second-order valence-electron chi connectivity index (χ2n) is 10.9.